The maximum atomic E-state index is 12.3. The van der Waals surface area contributed by atoms with Gasteiger partial charge in [-0.3, -0.25) is 9.59 Å². The van der Waals surface area contributed by atoms with E-state index in [1.165, 1.54) is 19.3 Å². The number of rotatable bonds is 8. The van der Waals surface area contributed by atoms with Crippen molar-refractivity contribution in [3.8, 4) is 5.75 Å². The Morgan fingerprint density at radius 2 is 1.63 bits per heavy atom. The Morgan fingerprint density at radius 1 is 1.00 bits per heavy atom. The van der Waals surface area contributed by atoms with Crippen molar-refractivity contribution in [2.24, 2.45) is 17.8 Å². The molecule has 4 fully saturated rings. The van der Waals surface area contributed by atoms with E-state index in [9.17, 15) is 9.59 Å². The molecule has 4 aliphatic carbocycles. The van der Waals surface area contributed by atoms with Crippen LogP contribution < -0.4 is 10.1 Å². The smallest absolute Gasteiger partial charge is 0.306 e. The fourth-order valence-corrected chi connectivity index (χ4v) is 5.74. The van der Waals surface area contributed by atoms with Gasteiger partial charge in [-0.2, -0.15) is 0 Å². The summed E-state index contributed by atoms with van der Waals surface area (Å²) in [6.07, 6.45) is 8.18. The molecule has 1 aromatic rings. The molecule has 0 spiro atoms. The number of nitrogens with one attached hydrogen (secondary N) is 1. The number of amides is 1. The van der Waals surface area contributed by atoms with Gasteiger partial charge in [0.1, 0.15) is 5.75 Å². The van der Waals surface area contributed by atoms with Gasteiger partial charge < -0.3 is 14.8 Å². The van der Waals surface area contributed by atoms with Gasteiger partial charge in [-0.25, -0.2) is 0 Å². The van der Waals surface area contributed by atoms with Gasteiger partial charge in [-0.15, -0.1) is 0 Å². The van der Waals surface area contributed by atoms with Gasteiger partial charge in [-0.05, 0) is 74.8 Å². The second kappa shape index (κ2) is 7.91. The lowest BCUT2D eigenvalue weighted by molar-refractivity contribution is -0.150. The molecule has 4 aliphatic rings. The number of carbonyl (C=O) groups excluding carboxylic acids is 2. The monoisotopic (exact) mass is 371 g/mol. The SMILES string of the molecule is O=C(COC(=O)CCCOc1ccccc1)NC12CC3CC(CC(C3)C1)C2. The van der Waals surface area contributed by atoms with E-state index in [1.54, 1.807) is 0 Å². The molecule has 5 heteroatoms. The molecule has 4 saturated carbocycles. The van der Waals surface area contributed by atoms with Crippen molar-refractivity contribution in [2.45, 2.75) is 56.9 Å². The predicted octanol–water partition coefficient (Wildman–Crippen LogP) is 3.47. The summed E-state index contributed by atoms with van der Waals surface area (Å²) >= 11 is 0. The van der Waals surface area contributed by atoms with Crippen LogP contribution in [-0.4, -0.2) is 30.6 Å². The van der Waals surface area contributed by atoms with Crippen molar-refractivity contribution < 1.29 is 19.1 Å². The highest BCUT2D eigenvalue weighted by Crippen LogP contribution is 2.55. The highest BCUT2D eigenvalue weighted by atomic mass is 16.5. The molecular formula is C22H29NO4. The summed E-state index contributed by atoms with van der Waals surface area (Å²) in [5.74, 6) is 2.65. The molecule has 0 atom stereocenters. The summed E-state index contributed by atoms with van der Waals surface area (Å²) in [5.41, 5.74) is -0.0260. The molecule has 0 aromatic heterocycles. The van der Waals surface area contributed by atoms with Crippen LogP contribution in [0.2, 0.25) is 0 Å². The molecule has 0 unspecified atom stereocenters. The third-order valence-corrected chi connectivity index (χ3v) is 6.34. The number of esters is 1. The summed E-state index contributed by atoms with van der Waals surface area (Å²) < 4.78 is 10.7. The van der Waals surface area contributed by atoms with Gasteiger partial charge in [0.25, 0.3) is 5.91 Å². The van der Waals surface area contributed by atoms with E-state index in [2.05, 4.69) is 5.32 Å². The summed E-state index contributed by atoms with van der Waals surface area (Å²) in [4.78, 5) is 24.2. The highest BCUT2D eigenvalue weighted by Gasteiger charge is 2.51. The highest BCUT2D eigenvalue weighted by molar-refractivity contribution is 5.81. The van der Waals surface area contributed by atoms with Crippen molar-refractivity contribution in [1.82, 2.24) is 5.32 Å². The van der Waals surface area contributed by atoms with E-state index in [-0.39, 0.29) is 30.4 Å². The first kappa shape index (κ1) is 18.3. The molecule has 1 N–H and O–H groups in total. The van der Waals surface area contributed by atoms with Crippen LogP contribution in [0.15, 0.2) is 30.3 Å². The summed E-state index contributed by atoms with van der Waals surface area (Å²) in [6.45, 7) is 0.290. The zero-order valence-electron chi connectivity index (χ0n) is 15.8. The van der Waals surface area contributed by atoms with Crippen LogP contribution in [0.1, 0.15) is 51.4 Å². The maximum absolute atomic E-state index is 12.3. The largest absolute Gasteiger partial charge is 0.494 e. The van der Waals surface area contributed by atoms with Crippen LogP contribution in [0, 0.1) is 17.8 Å². The molecule has 0 heterocycles. The molecule has 0 saturated heterocycles. The van der Waals surface area contributed by atoms with Gasteiger partial charge in [0.05, 0.1) is 6.61 Å². The van der Waals surface area contributed by atoms with E-state index in [1.807, 2.05) is 30.3 Å². The topological polar surface area (TPSA) is 64.6 Å². The normalized spacial score (nSPS) is 30.7. The second-order valence-electron chi connectivity index (χ2n) is 8.67. The quantitative estimate of drug-likeness (QED) is 0.561. The average Bonchev–Trinajstić information content (AvgIpc) is 2.63. The van der Waals surface area contributed by atoms with Crippen LogP contribution in [-0.2, 0) is 14.3 Å². The number of benzene rings is 1. The van der Waals surface area contributed by atoms with Crippen LogP contribution in [0.5, 0.6) is 5.75 Å². The van der Waals surface area contributed by atoms with Gasteiger partial charge in [-0.1, -0.05) is 18.2 Å². The maximum Gasteiger partial charge on any atom is 0.306 e. The summed E-state index contributed by atoms with van der Waals surface area (Å²) in [6, 6.07) is 9.51. The van der Waals surface area contributed by atoms with Crippen LogP contribution in [0.25, 0.3) is 0 Å². The second-order valence-corrected chi connectivity index (χ2v) is 8.67. The number of ether oxygens (including phenoxy) is 2. The van der Waals surface area contributed by atoms with Crippen molar-refractivity contribution in [3.05, 3.63) is 30.3 Å². The van der Waals surface area contributed by atoms with E-state index in [0.29, 0.717) is 13.0 Å². The Bertz CT molecular complexity index is 637. The molecule has 0 radical (unpaired) electrons. The Morgan fingerprint density at radius 3 is 2.26 bits per heavy atom. The van der Waals surface area contributed by atoms with Crippen molar-refractivity contribution >= 4 is 11.9 Å². The van der Waals surface area contributed by atoms with E-state index in [0.717, 1.165) is 42.8 Å². The number of hydrogen-bond donors (Lipinski definition) is 1. The third kappa shape index (κ3) is 4.63. The zero-order chi connectivity index (χ0) is 18.7. The first-order valence-corrected chi connectivity index (χ1v) is 10.2. The zero-order valence-corrected chi connectivity index (χ0v) is 15.8. The predicted molar refractivity (Wildman–Crippen MR) is 101 cm³/mol. The molecule has 5 nitrogen and oxygen atoms in total. The minimum Gasteiger partial charge on any atom is -0.494 e. The first-order valence-electron chi connectivity index (χ1n) is 10.2. The molecule has 1 amide bonds. The first-order chi connectivity index (χ1) is 13.1. The van der Waals surface area contributed by atoms with Gasteiger partial charge in [0.15, 0.2) is 6.61 Å². The molecule has 27 heavy (non-hydrogen) atoms. The lowest BCUT2D eigenvalue weighted by Gasteiger charge is -2.56. The van der Waals surface area contributed by atoms with Crippen molar-refractivity contribution in [1.29, 1.82) is 0 Å². The lowest BCUT2D eigenvalue weighted by atomic mass is 9.53. The fraction of sp³-hybridized carbons (Fsp3) is 0.636. The standard InChI is InChI=1S/C22H29NO4/c24-20(23-22-12-16-9-17(13-22)11-18(10-16)14-22)15-27-21(25)7-4-8-26-19-5-2-1-3-6-19/h1-3,5-6,16-18H,4,7-15H2,(H,23,24). The summed E-state index contributed by atoms with van der Waals surface area (Å²) in [5, 5.41) is 3.23. The van der Waals surface area contributed by atoms with Crippen LogP contribution >= 0.6 is 0 Å². The molecule has 0 aliphatic heterocycles. The van der Waals surface area contributed by atoms with Crippen LogP contribution in [0.3, 0.4) is 0 Å². The molecule has 1 aromatic carbocycles. The number of carbonyl (C=O) groups is 2. The van der Waals surface area contributed by atoms with Crippen molar-refractivity contribution in [2.75, 3.05) is 13.2 Å². The van der Waals surface area contributed by atoms with Gasteiger partial charge in [0, 0.05) is 12.0 Å². The Kier molecular flexibility index (Phi) is 5.37. The van der Waals surface area contributed by atoms with E-state index < -0.39 is 0 Å². The van der Waals surface area contributed by atoms with Crippen LogP contribution in [0.4, 0.5) is 0 Å². The Hall–Kier alpha value is -2.04. The number of hydrogen-bond acceptors (Lipinski definition) is 4. The fourth-order valence-electron chi connectivity index (χ4n) is 5.74. The van der Waals surface area contributed by atoms with Gasteiger partial charge >= 0.3 is 5.97 Å². The Labute approximate surface area is 160 Å². The molecule has 5 rings (SSSR count). The third-order valence-electron chi connectivity index (χ3n) is 6.34. The summed E-state index contributed by atoms with van der Waals surface area (Å²) in [7, 11) is 0. The molecule has 4 bridgehead atoms. The van der Waals surface area contributed by atoms with Crippen molar-refractivity contribution in [3.63, 3.8) is 0 Å². The molecular weight excluding hydrogens is 342 g/mol. The molecule has 146 valence electrons. The average molecular weight is 371 g/mol. The Balaban J connectivity index is 1.14. The van der Waals surface area contributed by atoms with E-state index >= 15 is 0 Å². The van der Waals surface area contributed by atoms with E-state index in [4.69, 9.17) is 9.47 Å². The van der Waals surface area contributed by atoms with Gasteiger partial charge in [0.2, 0.25) is 0 Å². The minimum absolute atomic E-state index is 0.0260. The number of para-hydroxylation sites is 1. The lowest BCUT2D eigenvalue weighted by Crippen LogP contribution is -2.60. The minimum atomic E-state index is -0.340.